The molecule has 0 bridgehead atoms. The number of carbonyl (C=O) groups is 1. The van der Waals surface area contributed by atoms with Crippen LogP contribution in [-0.4, -0.2) is 34.3 Å². The zero-order valence-electron chi connectivity index (χ0n) is 15.4. The molecule has 1 aromatic carbocycles. The molecule has 2 aromatic rings. The molecular weight excluding hydrogens is 444 g/mol. The number of aromatic amines is 1. The van der Waals surface area contributed by atoms with E-state index in [4.69, 9.17) is 15.2 Å². The second-order valence-corrected chi connectivity index (χ2v) is 7.04. The number of benzene rings is 1. The summed E-state index contributed by atoms with van der Waals surface area (Å²) in [6, 6.07) is 8.92. The molecule has 3 atom stereocenters. The van der Waals surface area contributed by atoms with Crippen LogP contribution in [0, 0.1) is 0 Å². The van der Waals surface area contributed by atoms with E-state index in [0.29, 0.717) is 12.0 Å². The normalized spacial score (nSPS) is 21.4. The quantitative estimate of drug-likeness (QED) is 0.593. The summed E-state index contributed by atoms with van der Waals surface area (Å²) in [5.74, 6) is 0. The summed E-state index contributed by atoms with van der Waals surface area (Å²) in [7, 11) is 0. The highest BCUT2D eigenvalue weighted by molar-refractivity contribution is 9.11. The van der Waals surface area contributed by atoms with Gasteiger partial charge in [-0.25, -0.2) is 9.59 Å². The molecule has 0 aliphatic carbocycles. The standard InChI is InChI=1S/C19H21BrN4O5/c20-7-6-13-10-24(18(26)23-17(13)25)16-8-14(21)15(29-16)9-22-19(27)28-11-12-4-2-1-3-5-12/h1-7,10,14-16H,8-9,11,21H2,(H,22,27)(H,23,25,26)/b7-6+/t14-,15+,16+/m0/s1. The molecule has 4 N–H and O–H groups in total. The van der Waals surface area contributed by atoms with E-state index in [-0.39, 0.29) is 13.2 Å². The summed E-state index contributed by atoms with van der Waals surface area (Å²) in [5, 5.41) is 2.62. The molecule has 1 fully saturated rings. The Balaban J connectivity index is 1.57. The number of hydrogen-bond acceptors (Lipinski definition) is 6. The van der Waals surface area contributed by atoms with Crippen LogP contribution >= 0.6 is 15.9 Å². The largest absolute Gasteiger partial charge is 0.445 e. The maximum absolute atomic E-state index is 12.1. The van der Waals surface area contributed by atoms with Crippen molar-refractivity contribution in [2.45, 2.75) is 31.4 Å². The van der Waals surface area contributed by atoms with Gasteiger partial charge in [-0.1, -0.05) is 46.3 Å². The highest BCUT2D eigenvalue weighted by Gasteiger charge is 2.34. The lowest BCUT2D eigenvalue weighted by atomic mass is 10.1. The van der Waals surface area contributed by atoms with Crippen molar-refractivity contribution in [3.63, 3.8) is 0 Å². The number of amides is 1. The fourth-order valence-electron chi connectivity index (χ4n) is 2.98. The Hall–Kier alpha value is -2.69. The summed E-state index contributed by atoms with van der Waals surface area (Å²) < 4.78 is 12.3. The molecule has 0 radical (unpaired) electrons. The third kappa shape index (κ3) is 5.43. The van der Waals surface area contributed by atoms with Gasteiger partial charge in [0.2, 0.25) is 0 Å². The molecule has 3 rings (SSSR count). The van der Waals surface area contributed by atoms with Crippen LogP contribution in [-0.2, 0) is 16.1 Å². The summed E-state index contributed by atoms with van der Waals surface area (Å²) >= 11 is 3.10. The highest BCUT2D eigenvalue weighted by Crippen LogP contribution is 2.26. The van der Waals surface area contributed by atoms with Gasteiger partial charge in [0, 0.05) is 25.2 Å². The Morgan fingerprint density at radius 1 is 1.38 bits per heavy atom. The first-order valence-corrected chi connectivity index (χ1v) is 9.87. The first-order valence-electron chi connectivity index (χ1n) is 8.95. The van der Waals surface area contributed by atoms with E-state index in [1.165, 1.54) is 21.8 Å². The van der Waals surface area contributed by atoms with Gasteiger partial charge < -0.3 is 20.5 Å². The van der Waals surface area contributed by atoms with Gasteiger partial charge in [0.05, 0.1) is 11.7 Å². The number of nitrogens with two attached hydrogens (primary N) is 1. The van der Waals surface area contributed by atoms with Gasteiger partial charge >= 0.3 is 11.8 Å². The van der Waals surface area contributed by atoms with Gasteiger partial charge in [-0.2, -0.15) is 0 Å². The van der Waals surface area contributed by atoms with Crippen molar-refractivity contribution in [1.29, 1.82) is 0 Å². The van der Waals surface area contributed by atoms with E-state index in [2.05, 4.69) is 26.2 Å². The highest BCUT2D eigenvalue weighted by atomic mass is 79.9. The van der Waals surface area contributed by atoms with Crippen LogP contribution in [0.25, 0.3) is 6.08 Å². The van der Waals surface area contributed by atoms with Crippen LogP contribution in [0.1, 0.15) is 23.8 Å². The topological polar surface area (TPSA) is 128 Å². The average molecular weight is 465 g/mol. The van der Waals surface area contributed by atoms with E-state index in [0.717, 1.165) is 5.56 Å². The number of carbonyl (C=O) groups excluding carboxylic acids is 1. The predicted octanol–water partition coefficient (Wildman–Crippen LogP) is 1.44. The molecule has 10 heteroatoms. The lowest BCUT2D eigenvalue weighted by Gasteiger charge is -2.17. The zero-order chi connectivity index (χ0) is 20.8. The van der Waals surface area contributed by atoms with Crippen LogP contribution in [0.4, 0.5) is 4.79 Å². The number of rotatable bonds is 6. The van der Waals surface area contributed by atoms with Crippen molar-refractivity contribution < 1.29 is 14.3 Å². The first-order chi connectivity index (χ1) is 14.0. The fourth-order valence-corrected chi connectivity index (χ4v) is 3.27. The maximum Gasteiger partial charge on any atom is 0.407 e. The lowest BCUT2D eigenvalue weighted by molar-refractivity contribution is -0.00230. The minimum absolute atomic E-state index is 0.136. The second kappa shape index (κ2) is 9.68. The molecule has 9 nitrogen and oxygen atoms in total. The molecule has 0 saturated carbocycles. The molecule has 1 amide bonds. The van der Waals surface area contributed by atoms with E-state index in [1.807, 2.05) is 30.3 Å². The molecule has 1 aliphatic rings. The molecule has 2 heterocycles. The zero-order valence-corrected chi connectivity index (χ0v) is 17.0. The number of nitrogens with one attached hydrogen (secondary N) is 2. The van der Waals surface area contributed by atoms with Gasteiger partial charge in [0.25, 0.3) is 5.56 Å². The minimum Gasteiger partial charge on any atom is -0.445 e. The predicted molar refractivity (Wildman–Crippen MR) is 110 cm³/mol. The molecule has 1 aromatic heterocycles. The van der Waals surface area contributed by atoms with Crippen LogP contribution in [0.2, 0.25) is 0 Å². The van der Waals surface area contributed by atoms with E-state index in [1.54, 1.807) is 0 Å². The number of halogens is 1. The van der Waals surface area contributed by atoms with Crippen LogP contribution in [0.15, 0.2) is 51.1 Å². The monoisotopic (exact) mass is 464 g/mol. The van der Waals surface area contributed by atoms with Gasteiger partial charge in [0.15, 0.2) is 0 Å². The number of hydrogen-bond donors (Lipinski definition) is 3. The summed E-state index contributed by atoms with van der Waals surface area (Å²) in [6.07, 6.45) is 1.56. The summed E-state index contributed by atoms with van der Waals surface area (Å²) in [5.41, 5.74) is 6.20. The van der Waals surface area contributed by atoms with Crippen molar-refractivity contribution in [3.8, 4) is 0 Å². The molecule has 1 aliphatic heterocycles. The van der Waals surface area contributed by atoms with E-state index in [9.17, 15) is 14.4 Å². The van der Waals surface area contributed by atoms with Gasteiger partial charge in [-0.3, -0.25) is 14.3 Å². The maximum atomic E-state index is 12.1. The average Bonchev–Trinajstić information content (AvgIpc) is 3.08. The number of nitrogens with zero attached hydrogens (tertiary/aromatic N) is 1. The lowest BCUT2D eigenvalue weighted by Crippen LogP contribution is -2.40. The van der Waals surface area contributed by atoms with Gasteiger partial charge in [-0.05, 0) is 16.6 Å². The van der Waals surface area contributed by atoms with Crippen molar-refractivity contribution in [1.82, 2.24) is 14.9 Å². The van der Waals surface area contributed by atoms with Gasteiger partial charge in [0.1, 0.15) is 12.8 Å². The Morgan fingerprint density at radius 2 is 2.14 bits per heavy atom. The van der Waals surface area contributed by atoms with Crippen molar-refractivity contribution in [2.24, 2.45) is 5.73 Å². The molecule has 0 spiro atoms. The number of H-pyrrole nitrogens is 1. The molecule has 1 saturated heterocycles. The number of ether oxygens (including phenoxy) is 2. The first kappa shape index (κ1) is 21.0. The third-order valence-electron chi connectivity index (χ3n) is 4.49. The minimum atomic E-state index is -0.649. The fraction of sp³-hybridized carbons (Fsp3) is 0.316. The Labute approximate surface area is 174 Å². The molecule has 0 unspecified atom stereocenters. The van der Waals surface area contributed by atoms with Crippen LogP contribution in [0.5, 0.6) is 0 Å². The van der Waals surface area contributed by atoms with Gasteiger partial charge in [-0.15, -0.1) is 0 Å². The van der Waals surface area contributed by atoms with Crippen molar-refractivity contribution in [3.05, 3.63) is 73.5 Å². The van der Waals surface area contributed by atoms with Crippen LogP contribution in [0.3, 0.4) is 0 Å². The smallest absolute Gasteiger partial charge is 0.407 e. The second-order valence-electron chi connectivity index (χ2n) is 6.52. The number of aromatic nitrogens is 2. The van der Waals surface area contributed by atoms with Crippen molar-refractivity contribution in [2.75, 3.05) is 6.54 Å². The third-order valence-corrected chi connectivity index (χ3v) is 4.76. The Kier molecular flexibility index (Phi) is 7.02. The van der Waals surface area contributed by atoms with E-state index < -0.39 is 35.7 Å². The SMILES string of the molecule is N[C@H]1C[C@H](n2cc(/C=C/Br)c(=O)[nH]c2=O)O[C@@H]1CNC(=O)OCc1ccccc1. The Bertz CT molecular complexity index is 988. The Morgan fingerprint density at radius 3 is 2.86 bits per heavy atom. The molecular formula is C19H21BrN4O5. The summed E-state index contributed by atoms with van der Waals surface area (Å²) in [6.45, 7) is 0.293. The molecule has 154 valence electrons. The van der Waals surface area contributed by atoms with Crippen LogP contribution < -0.4 is 22.3 Å². The molecule has 29 heavy (non-hydrogen) atoms. The number of alkyl carbamates (subject to hydrolysis) is 1. The van der Waals surface area contributed by atoms with E-state index >= 15 is 0 Å². The summed E-state index contributed by atoms with van der Waals surface area (Å²) in [4.78, 5) is 39.6. The van der Waals surface area contributed by atoms with Crippen molar-refractivity contribution >= 4 is 28.1 Å².